The van der Waals surface area contributed by atoms with Gasteiger partial charge < -0.3 is 16.0 Å². The standard InChI is InChI=1S/C15H16BrN3O2/c16-9-3-4-12-10(5-9)11(6-14(20)18-12)15(21)19-13(7-17)8-1-2-8/h3-6,8,13H,1-2,7,17H2,(H,18,20)(H,19,21). The maximum Gasteiger partial charge on any atom is 0.252 e. The van der Waals surface area contributed by atoms with E-state index in [9.17, 15) is 9.59 Å². The van der Waals surface area contributed by atoms with Crippen molar-refractivity contribution in [3.8, 4) is 0 Å². The third-order valence-corrected chi connectivity index (χ3v) is 4.30. The number of rotatable bonds is 4. The monoisotopic (exact) mass is 349 g/mol. The van der Waals surface area contributed by atoms with Gasteiger partial charge in [0.2, 0.25) is 5.56 Å². The van der Waals surface area contributed by atoms with Crippen molar-refractivity contribution in [1.29, 1.82) is 0 Å². The van der Waals surface area contributed by atoms with Crippen molar-refractivity contribution in [2.45, 2.75) is 18.9 Å². The van der Waals surface area contributed by atoms with Gasteiger partial charge in [-0.25, -0.2) is 0 Å². The molecule has 3 rings (SSSR count). The molecule has 110 valence electrons. The van der Waals surface area contributed by atoms with Crippen molar-refractivity contribution in [1.82, 2.24) is 10.3 Å². The first-order valence-corrected chi connectivity index (χ1v) is 7.71. The van der Waals surface area contributed by atoms with Crippen molar-refractivity contribution < 1.29 is 4.79 Å². The van der Waals surface area contributed by atoms with E-state index >= 15 is 0 Å². The molecular weight excluding hydrogens is 334 g/mol. The maximum atomic E-state index is 12.5. The van der Waals surface area contributed by atoms with E-state index in [4.69, 9.17) is 5.73 Å². The molecule has 1 amide bonds. The number of halogens is 1. The zero-order valence-corrected chi connectivity index (χ0v) is 12.9. The van der Waals surface area contributed by atoms with Gasteiger partial charge in [0.15, 0.2) is 0 Å². The minimum atomic E-state index is -0.286. The Morgan fingerprint density at radius 3 is 2.86 bits per heavy atom. The fourth-order valence-electron chi connectivity index (χ4n) is 2.53. The lowest BCUT2D eigenvalue weighted by atomic mass is 10.1. The van der Waals surface area contributed by atoms with Crippen LogP contribution < -0.4 is 16.6 Å². The number of benzene rings is 1. The SMILES string of the molecule is NCC(NC(=O)c1cc(=O)[nH]c2ccc(Br)cc12)C1CC1. The Hall–Kier alpha value is -1.66. The summed E-state index contributed by atoms with van der Waals surface area (Å²) in [5.74, 6) is 0.227. The molecule has 1 saturated carbocycles. The normalized spacial score (nSPS) is 15.9. The Labute approximate surface area is 130 Å². The van der Waals surface area contributed by atoms with Crippen LogP contribution in [-0.4, -0.2) is 23.5 Å². The molecule has 1 atom stereocenters. The van der Waals surface area contributed by atoms with Crippen molar-refractivity contribution in [2.24, 2.45) is 11.7 Å². The van der Waals surface area contributed by atoms with Gasteiger partial charge in [-0.1, -0.05) is 15.9 Å². The topological polar surface area (TPSA) is 88.0 Å². The molecule has 1 unspecified atom stereocenters. The van der Waals surface area contributed by atoms with Crippen LogP contribution in [0.3, 0.4) is 0 Å². The average Bonchev–Trinajstić information content (AvgIpc) is 3.28. The molecule has 1 aromatic heterocycles. The molecule has 2 aromatic rings. The number of carbonyl (C=O) groups excluding carboxylic acids is 1. The molecule has 4 N–H and O–H groups in total. The number of carbonyl (C=O) groups is 1. The number of pyridine rings is 1. The summed E-state index contributed by atoms with van der Waals surface area (Å²) in [6, 6.07) is 6.75. The maximum absolute atomic E-state index is 12.5. The molecule has 1 aliphatic carbocycles. The third-order valence-electron chi connectivity index (χ3n) is 3.81. The van der Waals surface area contributed by atoms with Crippen LogP contribution in [-0.2, 0) is 0 Å². The van der Waals surface area contributed by atoms with Gasteiger partial charge in [-0.05, 0) is 37.0 Å². The smallest absolute Gasteiger partial charge is 0.252 e. The molecule has 6 heteroatoms. The van der Waals surface area contributed by atoms with Gasteiger partial charge in [-0.2, -0.15) is 0 Å². The predicted molar refractivity (Wildman–Crippen MR) is 85.3 cm³/mol. The van der Waals surface area contributed by atoms with Gasteiger partial charge in [-0.15, -0.1) is 0 Å². The van der Waals surface area contributed by atoms with Crippen LogP contribution in [0.4, 0.5) is 0 Å². The van der Waals surface area contributed by atoms with Gasteiger partial charge in [0.1, 0.15) is 0 Å². The molecule has 1 aromatic carbocycles. The van der Waals surface area contributed by atoms with Crippen molar-refractivity contribution in [2.75, 3.05) is 6.54 Å². The Balaban J connectivity index is 2.00. The van der Waals surface area contributed by atoms with Crippen molar-refractivity contribution >= 4 is 32.7 Å². The van der Waals surface area contributed by atoms with Gasteiger partial charge in [0.05, 0.1) is 5.56 Å². The average molecular weight is 350 g/mol. The number of aromatic amines is 1. The van der Waals surface area contributed by atoms with E-state index in [0.29, 0.717) is 28.9 Å². The summed E-state index contributed by atoms with van der Waals surface area (Å²) in [6.45, 7) is 0.418. The summed E-state index contributed by atoms with van der Waals surface area (Å²) in [4.78, 5) is 26.9. The molecule has 0 bridgehead atoms. The van der Waals surface area contributed by atoms with Crippen LogP contribution >= 0.6 is 15.9 Å². The van der Waals surface area contributed by atoms with Crippen molar-refractivity contribution in [3.05, 3.63) is 44.7 Å². The lowest BCUT2D eigenvalue weighted by molar-refractivity contribution is 0.0935. The molecule has 0 radical (unpaired) electrons. The summed E-state index contributed by atoms with van der Waals surface area (Å²) in [5.41, 5.74) is 6.46. The van der Waals surface area contributed by atoms with Crippen LogP contribution in [0.2, 0.25) is 0 Å². The molecule has 5 nitrogen and oxygen atoms in total. The highest BCUT2D eigenvalue weighted by Crippen LogP contribution is 2.32. The summed E-state index contributed by atoms with van der Waals surface area (Å²) in [5, 5.41) is 3.67. The number of fused-ring (bicyclic) bond motifs is 1. The summed E-state index contributed by atoms with van der Waals surface area (Å²) >= 11 is 3.39. The molecule has 0 aliphatic heterocycles. The first kappa shape index (κ1) is 14.3. The van der Waals surface area contributed by atoms with E-state index in [1.807, 2.05) is 12.1 Å². The van der Waals surface area contributed by atoms with E-state index in [1.54, 1.807) is 6.07 Å². The quantitative estimate of drug-likeness (QED) is 0.785. The van der Waals surface area contributed by atoms with E-state index in [1.165, 1.54) is 6.07 Å². The number of aromatic nitrogens is 1. The zero-order valence-electron chi connectivity index (χ0n) is 11.4. The van der Waals surface area contributed by atoms with Gasteiger partial charge in [-0.3, -0.25) is 9.59 Å². The highest BCUT2D eigenvalue weighted by molar-refractivity contribution is 9.10. The van der Waals surface area contributed by atoms with Crippen LogP contribution in [0.15, 0.2) is 33.5 Å². The van der Waals surface area contributed by atoms with Gasteiger partial charge >= 0.3 is 0 Å². The number of nitrogens with one attached hydrogen (secondary N) is 2. The van der Waals surface area contributed by atoms with Crippen molar-refractivity contribution in [3.63, 3.8) is 0 Å². The molecule has 0 saturated heterocycles. The number of nitrogens with two attached hydrogens (primary N) is 1. The summed E-state index contributed by atoms with van der Waals surface area (Å²) in [7, 11) is 0. The van der Waals surface area contributed by atoms with Gasteiger partial charge in [0.25, 0.3) is 5.91 Å². The molecular formula is C15H16BrN3O2. The van der Waals surface area contributed by atoms with Crippen LogP contribution in [0.1, 0.15) is 23.2 Å². The first-order chi connectivity index (χ1) is 10.1. The lowest BCUT2D eigenvalue weighted by Crippen LogP contribution is -2.42. The Bertz CT molecular complexity index is 752. The number of amides is 1. The second kappa shape index (κ2) is 5.61. The minimum Gasteiger partial charge on any atom is -0.348 e. The van der Waals surface area contributed by atoms with E-state index < -0.39 is 0 Å². The molecule has 21 heavy (non-hydrogen) atoms. The fraction of sp³-hybridized carbons (Fsp3) is 0.333. The number of H-pyrrole nitrogens is 1. The Kier molecular flexibility index (Phi) is 3.82. The van der Waals surface area contributed by atoms with Crippen LogP contribution in [0.5, 0.6) is 0 Å². The molecule has 1 heterocycles. The Morgan fingerprint density at radius 1 is 1.43 bits per heavy atom. The van der Waals surface area contributed by atoms with E-state index in [-0.39, 0.29) is 17.5 Å². The highest BCUT2D eigenvalue weighted by atomic mass is 79.9. The second-order valence-corrected chi connectivity index (χ2v) is 6.31. The lowest BCUT2D eigenvalue weighted by Gasteiger charge is -2.16. The van der Waals surface area contributed by atoms with E-state index in [2.05, 4.69) is 26.2 Å². The molecule has 0 spiro atoms. The molecule has 1 fully saturated rings. The van der Waals surface area contributed by atoms with E-state index in [0.717, 1.165) is 17.3 Å². The Morgan fingerprint density at radius 2 is 2.19 bits per heavy atom. The number of hydrogen-bond acceptors (Lipinski definition) is 3. The minimum absolute atomic E-state index is 0.0148. The highest BCUT2D eigenvalue weighted by Gasteiger charge is 2.31. The second-order valence-electron chi connectivity index (χ2n) is 5.39. The van der Waals surface area contributed by atoms with Gasteiger partial charge in [0, 0.05) is 34.0 Å². The molecule has 1 aliphatic rings. The number of hydrogen-bond donors (Lipinski definition) is 3. The van der Waals surface area contributed by atoms with Crippen LogP contribution in [0, 0.1) is 5.92 Å². The van der Waals surface area contributed by atoms with Crippen LogP contribution in [0.25, 0.3) is 10.9 Å². The predicted octanol–water partition coefficient (Wildman–Crippen LogP) is 1.76. The zero-order chi connectivity index (χ0) is 15.0. The summed E-state index contributed by atoms with van der Waals surface area (Å²) in [6.07, 6.45) is 2.20. The largest absolute Gasteiger partial charge is 0.348 e. The summed E-state index contributed by atoms with van der Waals surface area (Å²) < 4.78 is 0.855. The third kappa shape index (κ3) is 3.01. The fourth-order valence-corrected chi connectivity index (χ4v) is 2.89. The first-order valence-electron chi connectivity index (χ1n) is 6.92.